The van der Waals surface area contributed by atoms with Gasteiger partial charge in [0.2, 0.25) is 0 Å². The molecule has 0 aromatic rings. The normalized spacial score (nSPS) is 17.0. The maximum atomic E-state index is 10.9. The van der Waals surface area contributed by atoms with Gasteiger partial charge in [0.05, 0.1) is 0 Å². The van der Waals surface area contributed by atoms with Crippen LogP contribution in [0.4, 0.5) is 0 Å². The van der Waals surface area contributed by atoms with Crippen molar-refractivity contribution >= 4 is 23.9 Å². The summed E-state index contributed by atoms with van der Waals surface area (Å²) in [5.74, 6) is -2.96. The van der Waals surface area contributed by atoms with Crippen LogP contribution in [0.1, 0.15) is 116 Å². The second-order valence-electron chi connectivity index (χ2n) is 12.9. The highest BCUT2D eigenvalue weighted by molar-refractivity contribution is 5.67. The van der Waals surface area contributed by atoms with Crippen molar-refractivity contribution in [2.45, 2.75) is 116 Å². The molecule has 1 aliphatic heterocycles. The summed E-state index contributed by atoms with van der Waals surface area (Å²) in [6.07, 6.45) is 13.3. The summed E-state index contributed by atoms with van der Waals surface area (Å²) in [5.41, 5.74) is 0. The lowest BCUT2D eigenvalue weighted by atomic mass is 10.1. The number of carbonyl (C=O) groups is 4. The fourth-order valence-electron chi connectivity index (χ4n) is 6.10. The van der Waals surface area contributed by atoms with Gasteiger partial charge in [0.1, 0.15) is 0 Å². The number of carboxylic acid groups (broad SMARTS) is 4. The Morgan fingerprint density at radius 2 is 0.543 bits per heavy atom. The van der Waals surface area contributed by atoms with E-state index >= 15 is 0 Å². The van der Waals surface area contributed by atoms with E-state index in [0.29, 0.717) is 25.7 Å². The minimum atomic E-state index is -0.739. The Bertz CT molecular complexity index is 701. The van der Waals surface area contributed by atoms with Crippen molar-refractivity contribution in [3.05, 3.63) is 0 Å². The molecule has 12 heteroatoms. The largest absolute Gasteiger partial charge is 0.481 e. The number of hydrogen-bond donors (Lipinski definition) is 4. The Kier molecular flexibility index (Phi) is 25.2. The molecule has 0 bridgehead atoms. The van der Waals surface area contributed by atoms with Gasteiger partial charge in [-0.05, 0) is 117 Å². The SMILES string of the molecule is O=C(O)CCCCCN1CCCN(CCCCCC(=O)O)CCN(CCCCCC(=O)O)CCCN(CCCCCC(=O)O)CC1. The summed E-state index contributed by atoms with van der Waals surface area (Å²) in [6, 6.07) is 0. The van der Waals surface area contributed by atoms with Crippen LogP contribution in [0, 0.1) is 0 Å². The molecular formula is C34H64N4O8. The fourth-order valence-corrected chi connectivity index (χ4v) is 6.10. The molecule has 0 aromatic heterocycles. The quantitative estimate of drug-likeness (QED) is 0.107. The average Bonchev–Trinajstić information content (AvgIpc) is 2.99. The van der Waals surface area contributed by atoms with E-state index in [2.05, 4.69) is 19.6 Å². The van der Waals surface area contributed by atoms with Gasteiger partial charge in [-0.2, -0.15) is 0 Å². The molecule has 0 aromatic carbocycles. The molecule has 1 heterocycles. The van der Waals surface area contributed by atoms with Crippen LogP contribution in [0.5, 0.6) is 0 Å². The highest BCUT2D eigenvalue weighted by atomic mass is 16.4. The van der Waals surface area contributed by atoms with Crippen LogP contribution in [0.2, 0.25) is 0 Å². The summed E-state index contributed by atoms with van der Waals surface area (Å²) < 4.78 is 0. The molecule has 268 valence electrons. The van der Waals surface area contributed by atoms with E-state index in [1.165, 1.54) is 0 Å². The molecule has 1 saturated heterocycles. The van der Waals surface area contributed by atoms with Gasteiger partial charge in [-0.3, -0.25) is 19.2 Å². The predicted molar refractivity (Wildman–Crippen MR) is 179 cm³/mol. The summed E-state index contributed by atoms with van der Waals surface area (Å²) in [6.45, 7) is 11.6. The molecule has 0 saturated carbocycles. The monoisotopic (exact) mass is 656 g/mol. The van der Waals surface area contributed by atoms with E-state index in [1.54, 1.807) is 0 Å². The molecule has 1 aliphatic rings. The summed E-state index contributed by atoms with van der Waals surface area (Å²) >= 11 is 0. The number of aliphatic carboxylic acids is 4. The van der Waals surface area contributed by atoms with Crippen molar-refractivity contribution in [2.24, 2.45) is 0 Å². The molecule has 0 spiro atoms. The van der Waals surface area contributed by atoms with E-state index in [1.807, 2.05) is 0 Å². The van der Waals surface area contributed by atoms with E-state index in [9.17, 15) is 19.2 Å². The summed E-state index contributed by atoms with van der Waals surface area (Å²) in [5, 5.41) is 35.9. The third kappa shape index (κ3) is 25.9. The third-order valence-electron chi connectivity index (χ3n) is 8.82. The first-order valence-corrected chi connectivity index (χ1v) is 17.9. The lowest BCUT2D eigenvalue weighted by molar-refractivity contribution is -0.138. The molecule has 0 unspecified atom stereocenters. The third-order valence-corrected chi connectivity index (χ3v) is 8.82. The van der Waals surface area contributed by atoms with E-state index in [4.69, 9.17) is 20.4 Å². The van der Waals surface area contributed by atoms with Crippen molar-refractivity contribution in [1.29, 1.82) is 0 Å². The van der Waals surface area contributed by atoms with Gasteiger partial charge in [-0.1, -0.05) is 25.7 Å². The van der Waals surface area contributed by atoms with Crippen LogP contribution in [0.3, 0.4) is 0 Å². The van der Waals surface area contributed by atoms with Gasteiger partial charge in [0.25, 0.3) is 0 Å². The van der Waals surface area contributed by atoms with Gasteiger partial charge in [0, 0.05) is 51.9 Å². The number of hydrogen-bond acceptors (Lipinski definition) is 8. The first kappa shape index (κ1) is 41.7. The number of carboxylic acids is 4. The predicted octanol–water partition coefficient (Wildman–Crippen LogP) is 4.57. The lowest BCUT2D eigenvalue weighted by Crippen LogP contribution is -2.42. The molecule has 12 nitrogen and oxygen atoms in total. The van der Waals surface area contributed by atoms with E-state index < -0.39 is 23.9 Å². The molecule has 1 rings (SSSR count). The van der Waals surface area contributed by atoms with Crippen LogP contribution in [0.15, 0.2) is 0 Å². The van der Waals surface area contributed by atoms with Gasteiger partial charge >= 0.3 is 23.9 Å². The zero-order valence-corrected chi connectivity index (χ0v) is 28.4. The standard InChI is InChI=1S/C34H64N4O8/c39-31(40)15-5-1-9-19-35-23-13-24-37(21-11-3-7-17-33(43)44)29-30-38(22-12-4-8-18-34(45)46)26-14-25-36(28-27-35)20-10-2-6-16-32(41)42/h1-30H2,(H,39,40)(H,41,42)(H,43,44)(H,45,46). The van der Waals surface area contributed by atoms with Gasteiger partial charge in [-0.25, -0.2) is 0 Å². The zero-order chi connectivity index (χ0) is 33.8. The number of nitrogens with zero attached hydrogens (tertiary/aromatic N) is 4. The fraction of sp³-hybridized carbons (Fsp3) is 0.882. The van der Waals surface area contributed by atoms with Gasteiger partial charge in [0.15, 0.2) is 0 Å². The van der Waals surface area contributed by atoms with Gasteiger partial charge < -0.3 is 40.0 Å². The van der Waals surface area contributed by atoms with Crippen molar-refractivity contribution in [2.75, 3.05) is 78.5 Å². The van der Waals surface area contributed by atoms with Crippen LogP contribution in [-0.2, 0) is 19.2 Å². The zero-order valence-electron chi connectivity index (χ0n) is 28.4. The van der Waals surface area contributed by atoms with Crippen LogP contribution in [0.25, 0.3) is 0 Å². The highest BCUT2D eigenvalue weighted by Crippen LogP contribution is 2.10. The molecule has 4 N–H and O–H groups in total. The van der Waals surface area contributed by atoms with Crippen LogP contribution in [-0.4, -0.2) is 142 Å². The Balaban J connectivity index is 2.85. The van der Waals surface area contributed by atoms with E-state index in [0.717, 1.165) is 143 Å². The minimum Gasteiger partial charge on any atom is -0.481 e. The van der Waals surface area contributed by atoms with E-state index in [-0.39, 0.29) is 25.7 Å². The Labute approximate surface area is 277 Å². The first-order chi connectivity index (χ1) is 22.2. The molecular weight excluding hydrogens is 592 g/mol. The second kappa shape index (κ2) is 27.8. The number of unbranched alkanes of at least 4 members (excludes halogenated alkanes) is 8. The number of rotatable bonds is 24. The Morgan fingerprint density at radius 3 is 0.739 bits per heavy atom. The van der Waals surface area contributed by atoms with Crippen molar-refractivity contribution in [3.8, 4) is 0 Å². The van der Waals surface area contributed by atoms with Crippen molar-refractivity contribution in [3.63, 3.8) is 0 Å². The molecule has 0 aliphatic carbocycles. The maximum absolute atomic E-state index is 10.9. The topological polar surface area (TPSA) is 162 Å². The summed E-state index contributed by atoms with van der Waals surface area (Å²) in [4.78, 5) is 53.8. The molecule has 46 heavy (non-hydrogen) atoms. The highest BCUT2D eigenvalue weighted by Gasteiger charge is 2.15. The average molecular weight is 657 g/mol. The van der Waals surface area contributed by atoms with Gasteiger partial charge in [-0.15, -0.1) is 0 Å². The van der Waals surface area contributed by atoms with Crippen LogP contribution >= 0.6 is 0 Å². The molecule has 1 fully saturated rings. The maximum Gasteiger partial charge on any atom is 0.303 e. The smallest absolute Gasteiger partial charge is 0.303 e. The summed E-state index contributed by atoms with van der Waals surface area (Å²) in [7, 11) is 0. The second-order valence-corrected chi connectivity index (χ2v) is 12.9. The first-order valence-electron chi connectivity index (χ1n) is 17.9. The lowest BCUT2D eigenvalue weighted by Gasteiger charge is -2.32. The van der Waals surface area contributed by atoms with Crippen LogP contribution < -0.4 is 0 Å². The van der Waals surface area contributed by atoms with Crippen molar-refractivity contribution in [1.82, 2.24) is 19.6 Å². The Hall–Kier alpha value is -2.28. The molecule has 0 radical (unpaired) electrons. The Morgan fingerprint density at radius 1 is 0.326 bits per heavy atom. The molecule has 0 amide bonds. The molecule has 0 atom stereocenters. The van der Waals surface area contributed by atoms with Crippen molar-refractivity contribution < 1.29 is 39.6 Å². The minimum absolute atomic E-state index is 0.219.